The molecule has 1 aromatic carbocycles. The molecule has 0 aromatic heterocycles. The number of carbonyl (C=O) groups excluding carboxylic acids is 2. The summed E-state index contributed by atoms with van der Waals surface area (Å²) in [6.07, 6.45) is 0. The predicted molar refractivity (Wildman–Crippen MR) is 93.7 cm³/mol. The smallest absolute Gasteiger partial charge is 0.260 e. The Morgan fingerprint density at radius 2 is 1.70 bits per heavy atom. The number of halogens is 2. The largest absolute Gasteiger partial charge is 0.484 e. The van der Waals surface area contributed by atoms with Crippen molar-refractivity contribution in [2.45, 2.75) is 13.0 Å². The van der Waals surface area contributed by atoms with E-state index in [0.29, 0.717) is 31.9 Å². The molecule has 1 aliphatic heterocycles. The normalized spacial score (nSPS) is 15.6. The zero-order valence-electron chi connectivity index (χ0n) is 12.9. The molecule has 2 N–H and O–H groups in total. The van der Waals surface area contributed by atoms with Crippen LogP contribution in [0, 0.1) is 0 Å². The molecule has 0 unspecified atom stereocenters. The van der Waals surface area contributed by atoms with Crippen molar-refractivity contribution in [1.29, 1.82) is 0 Å². The van der Waals surface area contributed by atoms with E-state index in [9.17, 15) is 9.59 Å². The first-order valence-electron chi connectivity index (χ1n) is 7.18. The molecule has 128 valence electrons. The Balaban J connectivity index is 0.00000264. The van der Waals surface area contributed by atoms with Gasteiger partial charge >= 0.3 is 0 Å². The molecular formula is C15H21BrClN3O3. The quantitative estimate of drug-likeness (QED) is 0.817. The van der Waals surface area contributed by atoms with E-state index < -0.39 is 6.04 Å². The third kappa shape index (κ3) is 5.67. The predicted octanol–water partition coefficient (Wildman–Crippen LogP) is 1.27. The number of ether oxygens (including phenoxy) is 1. The van der Waals surface area contributed by atoms with E-state index in [1.807, 2.05) is 12.1 Å². The van der Waals surface area contributed by atoms with E-state index in [1.54, 1.807) is 28.9 Å². The van der Waals surface area contributed by atoms with Gasteiger partial charge in [0.1, 0.15) is 5.75 Å². The molecular weight excluding hydrogens is 386 g/mol. The summed E-state index contributed by atoms with van der Waals surface area (Å²) in [6.45, 7) is 3.74. The van der Waals surface area contributed by atoms with Gasteiger partial charge in [0.05, 0.1) is 6.04 Å². The molecule has 1 aromatic rings. The lowest BCUT2D eigenvalue weighted by Gasteiger charge is -2.35. The highest BCUT2D eigenvalue weighted by molar-refractivity contribution is 9.10. The van der Waals surface area contributed by atoms with Crippen molar-refractivity contribution in [3.05, 3.63) is 28.7 Å². The van der Waals surface area contributed by atoms with Gasteiger partial charge in [-0.2, -0.15) is 0 Å². The fourth-order valence-corrected chi connectivity index (χ4v) is 2.50. The Labute approximate surface area is 150 Å². The molecule has 1 aliphatic rings. The third-order valence-electron chi connectivity index (χ3n) is 3.51. The van der Waals surface area contributed by atoms with Crippen molar-refractivity contribution in [3.63, 3.8) is 0 Å². The molecule has 1 atom stereocenters. The van der Waals surface area contributed by atoms with Crippen LogP contribution >= 0.6 is 28.3 Å². The standard InChI is InChI=1S/C15H20BrN3O3.ClH/c1-11(17)15(21)19-8-6-18(7-9-19)14(20)10-22-13-4-2-12(16)3-5-13;/h2-5,11H,6-10,17H2,1H3;1H/t11-;/m1./s1. The lowest BCUT2D eigenvalue weighted by molar-refractivity contribution is -0.141. The summed E-state index contributed by atoms with van der Waals surface area (Å²) < 4.78 is 6.44. The van der Waals surface area contributed by atoms with Crippen LogP contribution in [0.4, 0.5) is 0 Å². The van der Waals surface area contributed by atoms with Gasteiger partial charge in [0.15, 0.2) is 6.61 Å². The van der Waals surface area contributed by atoms with E-state index in [-0.39, 0.29) is 30.8 Å². The number of benzene rings is 1. The number of rotatable bonds is 4. The van der Waals surface area contributed by atoms with Crippen LogP contribution < -0.4 is 10.5 Å². The van der Waals surface area contributed by atoms with Gasteiger partial charge in [0, 0.05) is 30.7 Å². The molecule has 0 aliphatic carbocycles. The lowest BCUT2D eigenvalue weighted by atomic mass is 10.2. The van der Waals surface area contributed by atoms with Crippen molar-refractivity contribution >= 4 is 40.2 Å². The SMILES string of the molecule is C[C@@H](N)C(=O)N1CCN(C(=O)COc2ccc(Br)cc2)CC1.Cl. The first-order valence-corrected chi connectivity index (χ1v) is 7.97. The molecule has 23 heavy (non-hydrogen) atoms. The van der Waals surface area contributed by atoms with E-state index >= 15 is 0 Å². The van der Waals surface area contributed by atoms with Crippen LogP contribution in [0.3, 0.4) is 0 Å². The molecule has 2 amide bonds. The van der Waals surface area contributed by atoms with Crippen LogP contribution in [0.5, 0.6) is 5.75 Å². The van der Waals surface area contributed by atoms with E-state index in [4.69, 9.17) is 10.5 Å². The van der Waals surface area contributed by atoms with Gasteiger partial charge in [-0.05, 0) is 31.2 Å². The lowest BCUT2D eigenvalue weighted by Crippen LogP contribution is -2.54. The number of amides is 2. The maximum absolute atomic E-state index is 12.1. The highest BCUT2D eigenvalue weighted by atomic mass is 79.9. The van der Waals surface area contributed by atoms with Crippen LogP contribution in [-0.2, 0) is 9.59 Å². The first-order chi connectivity index (χ1) is 10.5. The molecule has 8 heteroatoms. The van der Waals surface area contributed by atoms with Crippen LogP contribution in [0.25, 0.3) is 0 Å². The molecule has 1 saturated heterocycles. The number of piperazine rings is 1. The number of hydrogen-bond acceptors (Lipinski definition) is 4. The maximum Gasteiger partial charge on any atom is 0.260 e. The van der Waals surface area contributed by atoms with Crippen molar-refractivity contribution in [3.8, 4) is 5.75 Å². The molecule has 1 heterocycles. The molecule has 2 rings (SSSR count). The Bertz CT molecular complexity index is 531. The average Bonchev–Trinajstić information content (AvgIpc) is 2.53. The van der Waals surface area contributed by atoms with Gasteiger partial charge in [0.2, 0.25) is 5.91 Å². The molecule has 0 spiro atoms. The van der Waals surface area contributed by atoms with E-state index in [2.05, 4.69) is 15.9 Å². The average molecular weight is 407 g/mol. The second-order valence-electron chi connectivity index (χ2n) is 5.24. The Kier molecular flexibility index (Phi) is 7.81. The van der Waals surface area contributed by atoms with Crippen LogP contribution in [0.15, 0.2) is 28.7 Å². The second-order valence-corrected chi connectivity index (χ2v) is 6.15. The van der Waals surface area contributed by atoms with Gasteiger partial charge in [-0.1, -0.05) is 15.9 Å². The monoisotopic (exact) mass is 405 g/mol. The summed E-state index contributed by atoms with van der Waals surface area (Å²) in [5.41, 5.74) is 5.59. The Morgan fingerprint density at radius 1 is 1.17 bits per heavy atom. The van der Waals surface area contributed by atoms with Crippen molar-refractivity contribution in [2.24, 2.45) is 5.73 Å². The summed E-state index contributed by atoms with van der Waals surface area (Å²) >= 11 is 3.34. The number of hydrogen-bond donors (Lipinski definition) is 1. The van der Waals surface area contributed by atoms with E-state index in [1.165, 1.54) is 0 Å². The summed E-state index contributed by atoms with van der Waals surface area (Å²) in [4.78, 5) is 27.3. The molecule has 1 fully saturated rings. The Morgan fingerprint density at radius 3 is 2.22 bits per heavy atom. The zero-order chi connectivity index (χ0) is 16.1. The van der Waals surface area contributed by atoms with Crippen LogP contribution in [0.1, 0.15) is 6.92 Å². The highest BCUT2D eigenvalue weighted by Crippen LogP contribution is 2.16. The summed E-state index contributed by atoms with van der Waals surface area (Å²) in [7, 11) is 0. The minimum atomic E-state index is -0.497. The molecule has 0 bridgehead atoms. The summed E-state index contributed by atoms with van der Waals surface area (Å²) in [5, 5.41) is 0. The van der Waals surface area contributed by atoms with Gasteiger partial charge in [0.25, 0.3) is 5.91 Å². The first kappa shape index (κ1) is 19.7. The molecule has 0 radical (unpaired) electrons. The van der Waals surface area contributed by atoms with Gasteiger partial charge in [-0.25, -0.2) is 0 Å². The van der Waals surface area contributed by atoms with Gasteiger partial charge in [-0.15, -0.1) is 12.4 Å². The van der Waals surface area contributed by atoms with Crippen molar-refractivity contribution in [2.75, 3.05) is 32.8 Å². The minimum Gasteiger partial charge on any atom is -0.484 e. The van der Waals surface area contributed by atoms with E-state index in [0.717, 1.165) is 4.47 Å². The fraction of sp³-hybridized carbons (Fsp3) is 0.467. The Hall–Kier alpha value is -1.31. The summed E-state index contributed by atoms with van der Waals surface area (Å²) in [6, 6.07) is 6.83. The zero-order valence-corrected chi connectivity index (χ0v) is 15.3. The molecule has 6 nitrogen and oxygen atoms in total. The third-order valence-corrected chi connectivity index (χ3v) is 4.04. The number of nitrogens with two attached hydrogens (primary N) is 1. The van der Waals surface area contributed by atoms with Crippen molar-refractivity contribution in [1.82, 2.24) is 9.80 Å². The number of nitrogens with zero attached hydrogens (tertiary/aromatic N) is 2. The van der Waals surface area contributed by atoms with Gasteiger partial charge in [-0.3, -0.25) is 9.59 Å². The second kappa shape index (κ2) is 9.10. The number of carbonyl (C=O) groups is 2. The highest BCUT2D eigenvalue weighted by Gasteiger charge is 2.25. The van der Waals surface area contributed by atoms with Gasteiger partial charge < -0.3 is 20.3 Å². The van der Waals surface area contributed by atoms with Crippen molar-refractivity contribution < 1.29 is 14.3 Å². The topological polar surface area (TPSA) is 75.9 Å². The van der Waals surface area contributed by atoms with Crippen LogP contribution in [-0.4, -0.2) is 60.4 Å². The molecule has 0 saturated carbocycles. The summed E-state index contributed by atoms with van der Waals surface area (Å²) in [5.74, 6) is 0.511. The fourth-order valence-electron chi connectivity index (χ4n) is 2.23. The maximum atomic E-state index is 12.1. The minimum absolute atomic E-state index is 0. The van der Waals surface area contributed by atoms with Crippen LogP contribution in [0.2, 0.25) is 0 Å².